The van der Waals surface area contributed by atoms with Crippen molar-refractivity contribution < 1.29 is 19.1 Å². The minimum absolute atomic E-state index is 0.0194. The summed E-state index contributed by atoms with van der Waals surface area (Å²) in [5.74, 6) is -2.13. The van der Waals surface area contributed by atoms with Crippen molar-refractivity contribution in [1.29, 1.82) is 0 Å². The van der Waals surface area contributed by atoms with Gasteiger partial charge in [-0.3, -0.25) is 4.79 Å². The third kappa shape index (κ3) is 2.79. The number of nitrogens with one attached hydrogen (secondary N) is 1. The first kappa shape index (κ1) is 13.2. The number of amides is 1. The van der Waals surface area contributed by atoms with Crippen molar-refractivity contribution in [2.45, 2.75) is 6.92 Å². The highest BCUT2D eigenvalue weighted by Crippen LogP contribution is 2.24. The largest absolute Gasteiger partial charge is 0.478 e. The highest BCUT2D eigenvalue weighted by Gasteiger charge is 2.15. The van der Waals surface area contributed by atoms with Crippen LogP contribution in [0.2, 0.25) is 0 Å². The van der Waals surface area contributed by atoms with Gasteiger partial charge in [-0.25, -0.2) is 9.18 Å². The standard InChI is InChI=1S/C13H10FNO3S/c1-7-2-3-8(6-10(7)14)11(16)15-12-9(13(17)18)4-5-19-12/h2-6H,1H3,(H,15,16)(H,17,18). The third-order valence-electron chi connectivity index (χ3n) is 2.56. The summed E-state index contributed by atoms with van der Waals surface area (Å²) in [4.78, 5) is 22.8. The van der Waals surface area contributed by atoms with E-state index < -0.39 is 17.7 Å². The van der Waals surface area contributed by atoms with Crippen LogP contribution >= 0.6 is 11.3 Å². The number of aromatic carboxylic acids is 1. The van der Waals surface area contributed by atoms with Crippen molar-refractivity contribution in [1.82, 2.24) is 0 Å². The van der Waals surface area contributed by atoms with Gasteiger partial charge in [0.1, 0.15) is 10.8 Å². The molecule has 0 bridgehead atoms. The molecule has 0 saturated carbocycles. The van der Waals surface area contributed by atoms with Gasteiger partial charge in [0.15, 0.2) is 0 Å². The van der Waals surface area contributed by atoms with Crippen LogP contribution in [0.4, 0.5) is 9.39 Å². The van der Waals surface area contributed by atoms with E-state index in [1.54, 1.807) is 12.3 Å². The molecule has 2 aromatic rings. The van der Waals surface area contributed by atoms with Gasteiger partial charge in [0.2, 0.25) is 0 Å². The molecule has 0 fully saturated rings. The molecule has 1 amide bonds. The molecule has 0 spiro atoms. The Morgan fingerprint density at radius 3 is 2.68 bits per heavy atom. The van der Waals surface area contributed by atoms with Gasteiger partial charge >= 0.3 is 5.97 Å². The van der Waals surface area contributed by atoms with E-state index in [4.69, 9.17) is 5.11 Å². The second-order valence-electron chi connectivity index (χ2n) is 3.89. The van der Waals surface area contributed by atoms with E-state index in [0.717, 1.165) is 17.4 Å². The minimum atomic E-state index is -1.12. The van der Waals surface area contributed by atoms with Crippen molar-refractivity contribution in [2.75, 3.05) is 5.32 Å². The number of anilines is 1. The summed E-state index contributed by atoms with van der Waals surface area (Å²) >= 11 is 1.10. The average molecular weight is 279 g/mol. The molecule has 0 aliphatic heterocycles. The molecule has 19 heavy (non-hydrogen) atoms. The molecule has 2 N–H and O–H groups in total. The number of halogens is 1. The number of carbonyl (C=O) groups is 2. The lowest BCUT2D eigenvalue weighted by molar-refractivity contribution is 0.0698. The van der Waals surface area contributed by atoms with Crippen LogP contribution in [0.3, 0.4) is 0 Å². The number of carboxylic acids is 1. The summed E-state index contributed by atoms with van der Waals surface area (Å²) in [6.07, 6.45) is 0. The highest BCUT2D eigenvalue weighted by atomic mass is 32.1. The monoisotopic (exact) mass is 279 g/mol. The van der Waals surface area contributed by atoms with E-state index in [9.17, 15) is 14.0 Å². The van der Waals surface area contributed by atoms with Gasteiger partial charge in [-0.15, -0.1) is 11.3 Å². The molecule has 0 aliphatic carbocycles. The van der Waals surface area contributed by atoms with Crippen LogP contribution in [-0.2, 0) is 0 Å². The number of benzene rings is 1. The van der Waals surface area contributed by atoms with Crippen molar-refractivity contribution >= 4 is 28.2 Å². The van der Waals surface area contributed by atoms with Crippen molar-refractivity contribution in [3.8, 4) is 0 Å². The highest BCUT2D eigenvalue weighted by molar-refractivity contribution is 7.14. The Hall–Kier alpha value is -2.21. The van der Waals surface area contributed by atoms with Gasteiger partial charge in [-0.05, 0) is 36.1 Å². The predicted octanol–water partition coefficient (Wildman–Crippen LogP) is 3.15. The summed E-state index contributed by atoms with van der Waals surface area (Å²) in [6, 6.07) is 5.51. The molecule has 1 aromatic carbocycles. The van der Waals surface area contributed by atoms with E-state index >= 15 is 0 Å². The first-order valence-electron chi connectivity index (χ1n) is 5.37. The summed E-state index contributed by atoms with van der Waals surface area (Å²) in [5.41, 5.74) is 0.609. The molecule has 6 heteroatoms. The van der Waals surface area contributed by atoms with Gasteiger partial charge in [0.25, 0.3) is 5.91 Å². The van der Waals surface area contributed by atoms with Gasteiger partial charge in [0.05, 0.1) is 5.56 Å². The summed E-state index contributed by atoms with van der Waals surface area (Å²) in [6.45, 7) is 1.60. The van der Waals surface area contributed by atoms with Crippen LogP contribution in [0.1, 0.15) is 26.3 Å². The fraction of sp³-hybridized carbons (Fsp3) is 0.0769. The number of rotatable bonds is 3. The lowest BCUT2D eigenvalue weighted by Gasteiger charge is -2.05. The molecular formula is C13H10FNO3S. The summed E-state index contributed by atoms with van der Waals surface area (Å²) in [5, 5.41) is 13.2. The summed E-state index contributed by atoms with van der Waals surface area (Å²) in [7, 11) is 0. The zero-order valence-corrected chi connectivity index (χ0v) is 10.8. The molecular weight excluding hydrogens is 269 g/mol. The van der Waals surface area contributed by atoms with Gasteiger partial charge in [-0.1, -0.05) is 6.07 Å². The second-order valence-corrected chi connectivity index (χ2v) is 4.80. The molecule has 0 radical (unpaired) electrons. The van der Waals surface area contributed by atoms with Crippen molar-refractivity contribution in [3.63, 3.8) is 0 Å². The molecule has 0 unspecified atom stereocenters. The number of carbonyl (C=O) groups excluding carboxylic acids is 1. The molecule has 0 atom stereocenters. The second kappa shape index (κ2) is 5.19. The molecule has 0 saturated heterocycles. The zero-order chi connectivity index (χ0) is 14.0. The fourth-order valence-corrected chi connectivity index (χ4v) is 2.26. The van der Waals surface area contributed by atoms with E-state index in [1.807, 2.05) is 0 Å². The normalized spacial score (nSPS) is 10.2. The summed E-state index contributed by atoms with van der Waals surface area (Å²) < 4.78 is 13.4. The third-order valence-corrected chi connectivity index (χ3v) is 3.39. The Labute approximate surface area is 112 Å². The van der Waals surface area contributed by atoms with Crippen LogP contribution in [0, 0.1) is 12.7 Å². The SMILES string of the molecule is Cc1ccc(C(=O)Nc2sccc2C(=O)O)cc1F. The fourth-order valence-electron chi connectivity index (χ4n) is 1.48. The molecule has 4 nitrogen and oxygen atoms in total. The van der Waals surface area contributed by atoms with Gasteiger partial charge in [0, 0.05) is 5.56 Å². The van der Waals surface area contributed by atoms with Crippen LogP contribution < -0.4 is 5.32 Å². The number of thiophene rings is 1. The first-order valence-corrected chi connectivity index (χ1v) is 6.25. The van der Waals surface area contributed by atoms with Crippen molar-refractivity contribution in [3.05, 3.63) is 52.2 Å². The Morgan fingerprint density at radius 1 is 1.32 bits per heavy atom. The van der Waals surface area contributed by atoms with Crippen LogP contribution in [0.15, 0.2) is 29.6 Å². The Kier molecular flexibility index (Phi) is 3.62. The van der Waals surface area contributed by atoms with E-state index in [-0.39, 0.29) is 16.1 Å². The lowest BCUT2D eigenvalue weighted by atomic mass is 10.1. The quantitative estimate of drug-likeness (QED) is 0.907. The topological polar surface area (TPSA) is 66.4 Å². The molecule has 1 aromatic heterocycles. The minimum Gasteiger partial charge on any atom is -0.478 e. The lowest BCUT2D eigenvalue weighted by Crippen LogP contribution is -2.13. The number of aryl methyl sites for hydroxylation is 1. The van der Waals surface area contributed by atoms with Crippen molar-refractivity contribution in [2.24, 2.45) is 0 Å². The maximum atomic E-state index is 13.4. The predicted molar refractivity (Wildman–Crippen MR) is 70.4 cm³/mol. The maximum absolute atomic E-state index is 13.4. The average Bonchev–Trinajstić information content (AvgIpc) is 2.80. The molecule has 98 valence electrons. The Bertz CT molecular complexity index is 651. The Morgan fingerprint density at radius 2 is 2.05 bits per heavy atom. The van der Waals surface area contributed by atoms with Gasteiger partial charge in [-0.2, -0.15) is 0 Å². The number of hydrogen-bond donors (Lipinski definition) is 2. The Balaban J connectivity index is 2.23. The van der Waals surface area contributed by atoms with E-state index in [2.05, 4.69) is 5.32 Å². The first-order chi connectivity index (χ1) is 8.99. The molecule has 1 heterocycles. The van der Waals surface area contributed by atoms with E-state index in [0.29, 0.717) is 5.56 Å². The smallest absolute Gasteiger partial charge is 0.338 e. The number of hydrogen-bond acceptors (Lipinski definition) is 3. The molecule has 0 aliphatic rings. The van der Waals surface area contributed by atoms with Crippen LogP contribution in [0.5, 0.6) is 0 Å². The maximum Gasteiger partial charge on any atom is 0.338 e. The zero-order valence-electron chi connectivity index (χ0n) is 9.94. The van der Waals surface area contributed by atoms with Crippen LogP contribution in [0.25, 0.3) is 0 Å². The number of carboxylic acid groups (broad SMARTS) is 1. The van der Waals surface area contributed by atoms with Gasteiger partial charge < -0.3 is 10.4 Å². The molecule has 2 rings (SSSR count). The van der Waals surface area contributed by atoms with E-state index in [1.165, 1.54) is 18.2 Å². The van der Waals surface area contributed by atoms with Crippen LogP contribution in [-0.4, -0.2) is 17.0 Å².